The number of carbonyl (C=O) groups excluding carboxylic acids is 1. The van der Waals surface area contributed by atoms with E-state index < -0.39 is 0 Å². The number of anilines is 1. The van der Waals surface area contributed by atoms with E-state index in [2.05, 4.69) is 17.0 Å². The Kier molecular flexibility index (Phi) is 7.20. The molecule has 164 valence electrons. The van der Waals surface area contributed by atoms with Gasteiger partial charge in [-0.25, -0.2) is 4.98 Å². The Bertz CT molecular complexity index is 1190. The minimum Gasteiger partial charge on any atom is -0.309 e. The SMILES string of the molecule is CN(C)CCCN(C(=O)c1ccc(Cc2ccccc2)cc1)c1nc2ccc(Cl)cc2s1. The second-order valence-electron chi connectivity index (χ2n) is 8.08. The third kappa shape index (κ3) is 5.54. The average Bonchev–Trinajstić information content (AvgIpc) is 3.20. The molecule has 0 bridgehead atoms. The molecule has 32 heavy (non-hydrogen) atoms. The highest BCUT2D eigenvalue weighted by molar-refractivity contribution is 7.22. The van der Waals surface area contributed by atoms with Gasteiger partial charge in [0.05, 0.1) is 10.2 Å². The third-order valence-electron chi connectivity index (χ3n) is 5.25. The van der Waals surface area contributed by atoms with E-state index in [1.807, 2.05) is 74.8 Å². The molecule has 0 spiro atoms. The lowest BCUT2D eigenvalue weighted by molar-refractivity contribution is 0.0986. The third-order valence-corrected chi connectivity index (χ3v) is 6.53. The Hall–Kier alpha value is -2.73. The largest absolute Gasteiger partial charge is 0.309 e. The average molecular weight is 464 g/mol. The predicted octanol–water partition coefficient (Wildman–Crippen LogP) is 6.14. The summed E-state index contributed by atoms with van der Waals surface area (Å²) < 4.78 is 0.983. The first kappa shape index (κ1) is 22.5. The van der Waals surface area contributed by atoms with E-state index in [4.69, 9.17) is 16.6 Å². The van der Waals surface area contributed by atoms with Gasteiger partial charge in [-0.1, -0.05) is 65.4 Å². The fourth-order valence-electron chi connectivity index (χ4n) is 3.58. The number of carbonyl (C=O) groups is 1. The zero-order chi connectivity index (χ0) is 22.5. The summed E-state index contributed by atoms with van der Waals surface area (Å²) in [7, 11) is 4.08. The van der Waals surface area contributed by atoms with Crippen LogP contribution in [0.25, 0.3) is 10.2 Å². The fourth-order valence-corrected chi connectivity index (χ4v) is 4.85. The van der Waals surface area contributed by atoms with Gasteiger partial charge in [-0.05, 0) is 74.9 Å². The zero-order valence-corrected chi connectivity index (χ0v) is 19.9. The molecule has 0 unspecified atom stereocenters. The van der Waals surface area contributed by atoms with Crippen LogP contribution in [0.1, 0.15) is 27.9 Å². The number of amides is 1. The lowest BCUT2D eigenvalue weighted by Crippen LogP contribution is -2.33. The van der Waals surface area contributed by atoms with Crippen LogP contribution in [0, 0.1) is 0 Å². The molecule has 1 heterocycles. The maximum absolute atomic E-state index is 13.5. The van der Waals surface area contributed by atoms with Gasteiger partial charge in [0, 0.05) is 17.1 Å². The normalized spacial score (nSPS) is 11.2. The van der Waals surface area contributed by atoms with Crippen molar-refractivity contribution in [3.05, 3.63) is 94.5 Å². The van der Waals surface area contributed by atoms with E-state index >= 15 is 0 Å². The van der Waals surface area contributed by atoms with E-state index in [-0.39, 0.29) is 5.91 Å². The van der Waals surface area contributed by atoms with Crippen LogP contribution in [-0.4, -0.2) is 43.0 Å². The molecule has 1 aromatic heterocycles. The van der Waals surface area contributed by atoms with Crippen molar-refractivity contribution in [3.63, 3.8) is 0 Å². The van der Waals surface area contributed by atoms with Crippen LogP contribution in [0.2, 0.25) is 5.02 Å². The van der Waals surface area contributed by atoms with Crippen LogP contribution < -0.4 is 4.90 Å². The molecule has 0 saturated heterocycles. The molecule has 3 aromatic carbocycles. The van der Waals surface area contributed by atoms with E-state index in [9.17, 15) is 4.79 Å². The van der Waals surface area contributed by atoms with E-state index in [0.717, 1.165) is 29.6 Å². The summed E-state index contributed by atoms with van der Waals surface area (Å²) in [5, 5.41) is 1.38. The number of benzene rings is 3. The van der Waals surface area contributed by atoms with Gasteiger partial charge in [0.2, 0.25) is 0 Å². The number of hydrogen-bond acceptors (Lipinski definition) is 4. The number of nitrogens with zero attached hydrogens (tertiary/aromatic N) is 3. The maximum atomic E-state index is 13.5. The first-order chi connectivity index (χ1) is 15.5. The first-order valence-electron chi connectivity index (χ1n) is 10.6. The molecule has 0 aliphatic heterocycles. The Morgan fingerprint density at radius 2 is 1.66 bits per heavy atom. The van der Waals surface area contributed by atoms with Gasteiger partial charge in [0.25, 0.3) is 5.91 Å². The summed E-state index contributed by atoms with van der Waals surface area (Å²) in [5.41, 5.74) is 3.97. The van der Waals surface area contributed by atoms with Gasteiger partial charge >= 0.3 is 0 Å². The van der Waals surface area contributed by atoms with Crippen LogP contribution >= 0.6 is 22.9 Å². The summed E-state index contributed by atoms with van der Waals surface area (Å²) in [6.07, 6.45) is 1.71. The van der Waals surface area contributed by atoms with Gasteiger partial charge < -0.3 is 4.90 Å². The molecular weight excluding hydrogens is 438 g/mol. The number of fused-ring (bicyclic) bond motifs is 1. The highest BCUT2D eigenvalue weighted by Crippen LogP contribution is 2.31. The lowest BCUT2D eigenvalue weighted by atomic mass is 10.0. The summed E-state index contributed by atoms with van der Waals surface area (Å²) in [4.78, 5) is 22.1. The molecule has 1 amide bonds. The molecule has 0 aliphatic carbocycles. The van der Waals surface area contributed by atoms with E-state index in [1.54, 1.807) is 4.90 Å². The van der Waals surface area contributed by atoms with Crippen molar-refractivity contribution in [3.8, 4) is 0 Å². The second-order valence-corrected chi connectivity index (χ2v) is 9.53. The summed E-state index contributed by atoms with van der Waals surface area (Å²) >= 11 is 7.65. The molecule has 0 aliphatic rings. The van der Waals surface area contributed by atoms with E-state index in [0.29, 0.717) is 22.3 Å². The molecule has 6 heteroatoms. The van der Waals surface area contributed by atoms with Crippen molar-refractivity contribution in [2.45, 2.75) is 12.8 Å². The Morgan fingerprint density at radius 1 is 0.938 bits per heavy atom. The van der Waals surface area contributed by atoms with Crippen LogP contribution in [0.15, 0.2) is 72.8 Å². The van der Waals surface area contributed by atoms with Gasteiger partial charge in [0.15, 0.2) is 5.13 Å². The smallest absolute Gasteiger partial charge is 0.260 e. The first-order valence-corrected chi connectivity index (χ1v) is 11.8. The summed E-state index contributed by atoms with van der Waals surface area (Å²) in [6.45, 7) is 1.51. The molecule has 4 nitrogen and oxygen atoms in total. The molecule has 0 radical (unpaired) electrons. The van der Waals surface area contributed by atoms with Crippen molar-refractivity contribution in [2.75, 3.05) is 32.1 Å². The van der Waals surface area contributed by atoms with Crippen LogP contribution in [0.5, 0.6) is 0 Å². The minimum atomic E-state index is -0.0276. The Balaban J connectivity index is 1.57. The lowest BCUT2D eigenvalue weighted by Gasteiger charge is -2.21. The standard InChI is InChI=1S/C26H26ClN3OS/c1-29(2)15-6-16-30(26-28-23-14-13-22(27)18-24(23)32-26)25(31)21-11-9-20(10-12-21)17-19-7-4-3-5-8-19/h3-5,7-14,18H,6,15-17H2,1-2H3. The number of hydrogen-bond donors (Lipinski definition) is 0. The molecule has 0 N–H and O–H groups in total. The monoisotopic (exact) mass is 463 g/mol. The minimum absolute atomic E-state index is 0.0276. The number of halogens is 1. The van der Waals surface area contributed by atoms with Crippen molar-refractivity contribution in [1.29, 1.82) is 0 Å². The van der Waals surface area contributed by atoms with Gasteiger partial charge in [-0.3, -0.25) is 9.69 Å². The zero-order valence-electron chi connectivity index (χ0n) is 18.3. The Labute approximate surface area is 198 Å². The fraction of sp³-hybridized carbons (Fsp3) is 0.231. The molecular formula is C26H26ClN3OS. The van der Waals surface area contributed by atoms with Crippen molar-refractivity contribution in [2.24, 2.45) is 0 Å². The quantitative estimate of drug-likeness (QED) is 0.315. The van der Waals surface area contributed by atoms with Gasteiger partial charge in [0.1, 0.15) is 0 Å². The molecule has 4 rings (SSSR count). The molecule has 0 atom stereocenters. The topological polar surface area (TPSA) is 36.4 Å². The van der Waals surface area contributed by atoms with Crippen LogP contribution in [0.4, 0.5) is 5.13 Å². The predicted molar refractivity (Wildman–Crippen MR) is 135 cm³/mol. The number of rotatable bonds is 8. The van der Waals surface area contributed by atoms with Crippen molar-refractivity contribution >= 4 is 44.2 Å². The van der Waals surface area contributed by atoms with Crippen molar-refractivity contribution < 1.29 is 4.79 Å². The van der Waals surface area contributed by atoms with Gasteiger partial charge in [-0.2, -0.15) is 0 Å². The highest BCUT2D eigenvalue weighted by Gasteiger charge is 2.21. The number of thiazole rings is 1. The Morgan fingerprint density at radius 3 is 2.38 bits per heavy atom. The molecule has 0 saturated carbocycles. The second kappa shape index (κ2) is 10.3. The summed E-state index contributed by atoms with van der Waals surface area (Å²) in [5.74, 6) is -0.0276. The van der Waals surface area contributed by atoms with Crippen LogP contribution in [-0.2, 0) is 6.42 Å². The maximum Gasteiger partial charge on any atom is 0.260 e. The number of aromatic nitrogens is 1. The molecule has 4 aromatic rings. The van der Waals surface area contributed by atoms with E-state index in [1.165, 1.54) is 22.5 Å². The summed E-state index contributed by atoms with van der Waals surface area (Å²) in [6, 6.07) is 23.9. The van der Waals surface area contributed by atoms with Crippen LogP contribution in [0.3, 0.4) is 0 Å². The molecule has 0 fully saturated rings. The van der Waals surface area contributed by atoms with Gasteiger partial charge in [-0.15, -0.1) is 0 Å². The van der Waals surface area contributed by atoms with Crippen molar-refractivity contribution in [1.82, 2.24) is 9.88 Å². The highest BCUT2D eigenvalue weighted by atomic mass is 35.5.